The summed E-state index contributed by atoms with van der Waals surface area (Å²) in [6.07, 6.45) is 2.80. The average molecular weight is 368 g/mol. The van der Waals surface area contributed by atoms with Gasteiger partial charge in [0.15, 0.2) is 0 Å². The second-order valence-corrected chi connectivity index (χ2v) is 6.25. The summed E-state index contributed by atoms with van der Waals surface area (Å²) in [6, 6.07) is 9.70. The number of nitrogens with one attached hydrogen (secondary N) is 3. The normalized spacial score (nSPS) is 10.9. The number of rotatable bonds is 7. The number of carbonyl (C=O) groups excluding carboxylic acids is 2. The first-order valence-corrected chi connectivity index (χ1v) is 8.95. The van der Waals surface area contributed by atoms with Crippen LogP contribution in [-0.2, 0) is 11.3 Å². The van der Waals surface area contributed by atoms with Gasteiger partial charge in [0.1, 0.15) is 5.82 Å². The van der Waals surface area contributed by atoms with Crippen molar-refractivity contribution in [2.45, 2.75) is 19.4 Å². The third kappa shape index (κ3) is 4.28. The molecule has 0 saturated heterocycles. The van der Waals surface area contributed by atoms with Gasteiger partial charge in [-0.1, -0.05) is 18.2 Å². The number of urea groups is 1. The summed E-state index contributed by atoms with van der Waals surface area (Å²) >= 11 is 0. The van der Waals surface area contributed by atoms with Gasteiger partial charge in [-0.2, -0.15) is 0 Å². The average Bonchev–Trinajstić information content (AvgIpc) is 2.99. The number of nitrogens with zero attached hydrogens (tertiary/aromatic N) is 2. The van der Waals surface area contributed by atoms with Crippen molar-refractivity contribution < 1.29 is 9.59 Å². The van der Waals surface area contributed by atoms with Gasteiger partial charge < -0.3 is 26.3 Å². The lowest BCUT2D eigenvalue weighted by molar-refractivity contribution is -0.121. The van der Waals surface area contributed by atoms with E-state index in [4.69, 9.17) is 5.73 Å². The van der Waals surface area contributed by atoms with E-state index in [0.29, 0.717) is 38.3 Å². The van der Waals surface area contributed by atoms with Crippen LogP contribution in [0, 0.1) is 0 Å². The minimum Gasteiger partial charge on any atom is -0.384 e. The molecule has 0 atom stereocenters. The molecule has 0 fully saturated rings. The topological polar surface area (TPSA) is 114 Å². The van der Waals surface area contributed by atoms with Crippen molar-refractivity contribution in [1.29, 1.82) is 0 Å². The van der Waals surface area contributed by atoms with Gasteiger partial charge in [0.05, 0.1) is 11.7 Å². The number of anilines is 1. The van der Waals surface area contributed by atoms with Crippen molar-refractivity contribution in [1.82, 2.24) is 25.5 Å². The van der Waals surface area contributed by atoms with Crippen molar-refractivity contribution in [3.63, 3.8) is 0 Å². The second kappa shape index (κ2) is 8.39. The molecule has 0 spiro atoms. The predicted octanol–water partition coefficient (Wildman–Crippen LogP) is 1.60. The highest BCUT2D eigenvalue weighted by Crippen LogP contribution is 2.29. The first-order chi connectivity index (χ1) is 13.1. The van der Waals surface area contributed by atoms with Gasteiger partial charge in [-0.05, 0) is 18.6 Å². The summed E-state index contributed by atoms with van der Waals surface area (Å²) in [6.45, 7) is 1.59. The Labute approximate surface area is 157 Å². The van der Waals surface area contributed by atoms with Gasteiger partial charge in [-0.15, -0.1) is 0 Å². The van der Waals surface area contributed by atoms with Gasteiger partial charge in [0, 0.05) is 49.4 Å². The number of amides is 3. The third-order valence-corrected chi connectivity index (χ3v) is 4.43. The van der Waals surface area contributed by atoms with Crippen molar-refractivity contribution in [2.24, 2.45) is 0 Å². The number of nitrogen functional groups attached to an aromatic ring is 1. The molecule has 0 unspecified atom stereocenters. The fraction of sp³-hybridized carbons (Fsp3) is 0.316. The zero-order chi connectivity index (χ0) is 19.2. The number of pyridine rings is 1. The van der Waals surface area contributed by atoms with E-state index >= 15 is 0 Å². The van der Waals surface area contributed by atoms with E-state index in [1.807, 2.05) is 30.3 Å². The van der Waals surface area contributed by atoms with Crippen molar-refractivity contribution >= 4 is 39.6 Å². The fourth-order valence-corrected chi connectivity index (χ4v) is 3.11. The molecule has 2 aromatic heterocycles. The van der Waals surface area contributed by atoms with E-state index in [1.54, 1.807) is 13.2 Å². The lowest BCUT2D eigenvalue weighted by atomic mass is 10.2. The maximum atomic E-state index is 12.2. The van der Waals surface area contributed by atoms with E-state index in [0.717, 1.165) is 21.8 Å². The van der Waals surface area contributed by atoms with Crippen molar-refractivity contribution in [3.8, 4) is 0 Å². The fourth-order valence-electron chi connectivity index (χ4n) is 3.11. The van der Waals surface area contributed by atoms with Crippen LogP contribution in [0.25, 0.3) is 21.8 Å². The van der Waals surface area contributed by atoms with E-state index in [1.165, 1.54) is 0 Å². The van der Waals surface area contributed by atoms with Crippen LogP contribution in [0.5, 0.6) is 0 Å². The maximum Gasteiger partial charge on any atom is 0.314 e. The Balaban J connectivity index is 1.61. The van der Waals surface area contributed by atoms with E-state index in [-0.39, 0.29) is 11.9 Å². The van der Waals surface area contributed by atoms with Gasteiger partial charge in [0.2, 0.25) is 5.91 Å². The number of hydrogen-bond donors (Lipinski definition) is 4. The highest BCUT2D eigenvalue weighted by atomic mass is 16.2. The molecule has 0 aliphatic rings. The maximum absolute atomic E-state index is 12.2. The first kappa shape index (κ1) is 18.5. The number of hydrogen-bond acceptors (Lipinski definition) is 4. The summed E-state index contributed by atoms with van der Waals surface area (Å²) in [4.78, 5) is 27.4. The standard InChI is InChI=1S/C19H24N6O2/c1-21-19(27)23-9-4-8-22-18(26)7-10-25-15-6-3-2-5-13(15)14-11-17(20)24-12-16(14)25/h2-3,5-6,11-12H,4,7-10H2,1H3,(H2,20,24)(H,22,26)(H2,21,23,27). The Morgan fingerprint density at radius 1 is 1.11 bits per heavy atom. The Kier molecular flexibility index (Phi) is 5.75. The summed E-state index contributed by atoms with van der Waals surface area (Å²) in [5, 5.41) is 10.2. The molecular formula is C19H24N6O2. The molecule has 0 aliphatic carbocycles. The molecule has 0 aliphatic heterocycles. The highest BCUT2D eigenvalue weighted by Gasteiger charge is 2.12. The Morgan fingerprint density at radius 3 is 2.70 bits per heavy atom. The summed E-state index contributed by atoms with van der Waals surface area (Å²) in [5.74, 6) is 0.456. The van der Waals surface area contributed by atoms with Crippen LogP contribution >= 0.6 is 0 Å². The minimum absolute atomic E-state index is 0.0238. The molecule has 1 aromatic carbocycles. The number of benzene rings is 1. The Bertz CT molecular complexity index is 965. The lowest BCUT2D eigenvalue weighted by Gasteiger charge is -2.09. The highest BCUT2D eigenvalue weighted by molar-refractivity contribution is 6.08. The number of fused-ring (bicyclic) bond motifs is 3. The van der Waals surface area contributed by atoms with Gasteiger partial charge in [-0.25, -0.2) is 9.78 Å². The molecule has 5 N–H and O–H groups in total. The number of nitrogens with two attached hydrogens (primary N) is 1. The van der Waals surface area contributed by atoms with Crippen LogP contribution in [0.1, 0.15) is 12.8 Å². The monoisotopic (exact) mass is 368 g/mol. The number of aryl methyl sites for hydroxylation is 1. The molecule has 0 saturated carbocycles. The predicted molar refractivity (Wildman–Crippen MR) is 106 cm³/mol. The molecule has 8 nitrogen and oxygen atoms in total. The Hall–Kier alpha value is -3.29. The molecule has 27 heavy (non-hydrogen) atoms. The summed E-state index contributed by atoms with van der Waals surface area (Å²) < 4.78 is 2.10. The van der Waals surface area contributed by atoms with E-state index in [2.05, 4.69) is 25.5 Å². The van der Waals surface area contributed by atoms with Crippen molar-refractivity contribution in [3.05, 3.63) is 36.5 Å². The number of carbonyl (C=O) groups is 2. The zero-order valence-corrected chi connectivity index (χ0v) is 15.3. The molecule has 8 heteroatoms. The second-order valence-electron chi connectivity index (χ2n) is 6.25. The van der Waals surface area contributed by atoms with Gasteiger partial charge in [0.25, 0.3) is 0 Å². The smallest absolute Gasteiger partial charge is 0.314 e. The first-order valence-electron chi connectivity index (χ1n) is 8.95. The number of para-hydroxylation sites is 1. The SMILES string of the molecule is CNC(=O)NCCCNC(=O)CCn1c2ccccc2c2cc(N)ncc21. The third-order valence-electron chi connectivity index (χ3n) is 4.43. The largest absolute Gasteiger partial charge is 0.384 e. The minimum atomic E-state index is -0.220. The van der Waals surface area contributed by atoms with Crippen molar-refractivity contribution in [2.75, 3.05) is 25.9 Å². The quantitative estimate of drug-likeness (QED) is 0.474. The molecular weight excluding hydrogens is 344 g/mol. The molecule has 3 rings (SSSR count). The lowest BCUT2D eigenvalue weighted by Crippen LogP contribution is -2.35. The van der Waals surface area contributed by atoms with E-state index < -0.39 is 0 Å². The summed E-state index contributed by atoms with van der Waals surface area (Å²) in [5.41, 5.74) is 7.86. The summed E-state index contributed by atoms with van der Waals surface area (Å²) in [7, 11) is 1.57. The molecule has 2 heterocycles. The van der Waals surface area contributed by atoms with Gasteiger partial charge >= 0.3 is 6.03 Å². The Morgan fingerprint density at radius 2 is 1.89 bits per heavy atom. The van der Waals surface area contributed by atoms with E-state index in [9.17, 15) is 9.59 Å². The van der Waals surface area contributed by atoms with Crippen LogP contribution in [0.3, 0.4) is 0 Å². The molecule has 3 aromatic rings. The zero-order valence-electron chi connectivity index (χ0n) is 15.3. The molecule has 142 valence electrons. The van der Waals surface area contributed by atoms with Crippen LogP contribution < -0.4 is 21.7 Å². The number of aromatic nitrogens is 2. The molecule has 0 bridgehead atoms. The van der Waals surface area contributed by atoms with Crippen LogP contribution in [0.4, 0.5) is 10.6 Å². The van der Waals surface area contributed by atoms with Crippen LogP contribution in [0.15, 0.2) is 36.5 Å². The van der Waals surface area contributed by atoms with Gasteiger partial charge in [-0.3, -0.25) is 4.79 Å². The van der Waals surface area contributed by atoms with Crippen LogP contribution in [-0.4, -0.2) is 41.6 Å². The molecule has 0 radical (unpaired) electrons. The van der Waals surface area contributed by atoms with Crippen LogP contribution in [0.2, 0.25) is 0 Å². The molecule has 3 amide bonds.